The van der Waals surface area contributed by atoms with Crippen molar-refractivity contribution in [1.82, 2.24) is 5.32 Å². The molecule has 0 bridgehead atoms. The van der Waals surface area contributed by atoms with Crippen LogP contribution in [0.4, 0.5) is 4.39 Å². The van der Waals surface area contributed by atoms with Crippen LogP contribution in [0.3, 0.4) is 0 Å². The average molecular weight is 352 g/mol. The topological polar surface area (TPSA) is 38.3 Å². The molecule has 2 aromatic rings. The molecular weight excluding hydrogens is 337 g/mol. The molecule has 1 amide bonds. The van der Waals surface area contributed by atoms with Crippen molar-refractivity contribution in [3.05, 3.63) is 64.4 Å². The van der Waals surface area contributed by atoms with Gasteiger partial charge in [0.15, 0.2) is 6.61 Å². The number of benzene rings is 2. The first kappa shape index (κ1) is 15.5. The second kappa shape index (κ2) is 7.22. The fraction of sp³-hybridized carbons (Fsp3) is 0.188. The molecular formula is C16H15BrFNO2. The Labute approximate surface area is 131 Å². The Bertz CT molecular complexity index is 619. The lowest BCUT2D eigenvalue weighted by atomic mass is 10.1. The van der Waals surface area contributed by atoms with Crippen LogP contribution < -0.4 is 10.1 Å². The standard InChI is InChI=1S/C16H15BrFNO2/c1-11(12-5-3-2-4-6-12)19-16(20)10-21-15-8-7-13(18)9-14(15)17/h2-9,11H,10H2,1H3,(H,19,20). The zero-order valence-electron chi connectivity index (χ0n) is 11.5. The first-order chi connectivity index (χ1) is 10.1. The normalized spacial score (nSPS) is 11.8. The second-order valence-electron chi connectivity index (χ2n) is 4.56. The zero-order valence-corrected chi connectivity index (χ0v) is 13.1. The molecule has 110 valence electrons. The fourth-order valence-corrected chi connectivity index (χ4v) is 2.31. The van der Waals surface area contributed by atoms with Crippen molar-refractivity contribution in [3.8, 4) is 5.75 Å². The summed E-state index contributed by atoms with van der Waals surface area (Å²) in [6.45, 7) is 1.78. The molecule has 0 aliphatic heterocycles. The largest absolute Gasteiger partial charge is 0.483 e. The summed E-state index contributed by atoms with van der Waals surface area (Å²) < 4.78 is 18.8. The van der Waals surface area contributed by atoms with Gasteiger partial charge >= 0.3 is 0 Å². The minimum atomic E-state index is -0.364. The number of halogens is 2. The van der Waals surface area contributed by atoms with E-state index in [9.17, 15) is 9.18 Å². The minimum Gasteiger partial charge on any atom is -0.483 e. The number of carbonyl (C=O) groups is 1. The van der Waals surface area contributed by atoms with Gasteiger partial charge in [0.2, 0.25) is 0 Å². The number of nitrogens with one attached hydrogen (secondary N) is 1. The van der Waals surface area contributed by atoms with Crippen molar-refractivity contribution < 1.29 is 13.9 Å². The maximum Gasteiger partial charge on any atom is 0.258 e. The summed E-state index contributed by atoms with van der Waals surface area (Å²) in [7, 11) is 0. The van der Waals surface area contributed by atoms with E-state index in [0.717, 1.165) is 5.56 Å². The van der Waals surface area contributed by atoms with Crippen LogP contribution in [0, 0.1) is 5.82 Å². The van der Waals surface area contributed by atoms with E-state index in [2.05, 4.69) is 21.2 Å². The summed E-state index contributed by atoms with van der Waals surface area (Å²) in [5, 5.41) is 2.84. The Morgan fingerprint density at radius 1 is 1.29 bits per heavy atom. The Kier molecular flexibility index (Phi) is 5.33. The van der Waals surface area contributed by atoms with Gasteiger partial charge in [-0.25, -0.2) is 4.39 Å². The summed E-state index contributed by atoms with van der Waals surface area (Å²) >= 11 is 3.19. The number of hydrogen-bond donors (Lipinski definition) is 1. The van der Waals surface area contributed by atoms with Crippen molar-refractivity contribution in [1.29, 1.82) is 0 Å². The number of carbonyl (C=O) groups excluding carboxylic acids is 1. The van der Waals surface area contributed by atoms with E-state index in [1.807, 2.05) is 37.3 Å². The van der Waals surface area contributed by atoms with Gasteiger partial charge in [0.05, 0.1) is 10.5 Å². The molecule has 2 aromatic carbocycles. The molecule has 3 nitrogen and oxygen atoms in total. The number of ether oxygens (including phenoxy) is 1. The van der Waals surface area contributed by atoms with Crippen molar-refractivity contribution in [2.24, 2.45) is 0 Å². The molecule has 0 heterocycles. The third kappa shape index (κ3) is 4.56. The van der Waals surface area contributed by atoms with Crippen molar-refractivity contribution in [2.75, 3.05) is 6.61 Å². The van der Waals surface area contributed by atoms with Crippen molar-refractivity contribution >= 4 is 21.8 Å². The van der Waals surface area contributed by atoms with Crippen LogP contribution in [0.15, 0.2) is 53.0 Å². The smallest absolute Gasteiger partial charge is 0.258 e. The molecule has 0 spiro atoms. The van der Waals surface area contributed by atoms with Crippen LogP contribution >= 0.6 is 15.9 Å². The summed E-state index contributed by atoms with van der Waals surface area (Å²) in [5.41, 5.74) is 1.02. The minimum absolute atomic E-state index is 0.0982. The third-order valence-corrected chi connectivity index (χ3v) is 3.55. The molecule has 21 heavy (non-hydrogen) atoms. The first-order valence-corrected chi connectivity index (χ1v) is 7.27. The van der Waals surface area contributed by atoms with Crippen molar-refractivity contribution in [3.63, 3.8) is 0 Å². The van der Waals surface area contributed by atoms with E-state index in [-0.39, 0.29) is 24.4 Å². The maximum absolute atomic E-state index is 12.9. The van der Waals surface area contributed by atoms with E-state index in [1.165, 1.54) is 18.2 Å². The molecule has 0 aliphatic carbocycles. The number of hydrogen-bond acceptors (Lipinski definition) is 2. The van der Waals surface area contributed by atoms with E-state index in [1.54, 1.807) is 0 Å². The zero-order chi connectivity index (χ0) is 15.2. The fourth-order valence-electron chi connectivity index (χ4n) is 1.84. The van der Waals surface area contributed by atoms with Crippen LogP contribution in [0.25, 0.3) is 0 Å². The quantitative estimate of drug-likeness (QED) is 0.888. The molecule has 5 heteroatoms. The molecule has 0 saturated heterocycles. The summed E-state index contributed by atoms with van der Waals surface area (Å²) in [6.07, 6.45) is 0. The van der Waals surface area contributed by atoms with Gasteiger partial charge in [-0.2, -0.15) is 0 Å². The predicted octanol–water partition coefficient (Wildman–Crippen LogP) is 3.84. The van der Waals surface area contributed by atoms with Crippen LogP contribution in [0.2, 0.25) is 0 Å². The molecule has 1 atom stereocenters. The molecule has 0 saturated carbocycles. The lowest BCUT2D eigenvalue weighted by Crippen LogP contribution is -2.31. The molecule has 2 rings (SSSR count). The van der Waals surface area contributed by atoms with Crippen molar-refractivity contribution in [2.45, 2.75) is 13.0 Å². The lowest BCUT2D eigenvalue weighted by Gasteiger charge is -2.15. The number of amides is 1. The average Bonchev–Trinajstić information content (AvgIpc) is 2.47. The van der Waals surface area contributed by atoms with Gasteiger partial charge in [0.25, 0.3) is 5.91 Å². The maximum atomic E-state index is 12.9. The molecule has 0 fully saturated rings. The van der Waals surface area contributed by atoms with Gasteiger partial charge in [0, 0.05) is 0 Å². The highest BCUT2D eigenvalue weighted by atomic mass is 79.9. The van der Waals surface area contributed by atoms with Crippen LogP contribution in [-0.4, -0.2) is 12.5 Å². The summed E-state index contributed by atoms with van der Waals surface area (Å²) in [6, 6.07) is 13.6. The Morgan fingerprint density at radius 3 is 2.67 bits per heavy atom. The first-order valence-electron chi connectivity index (χ1n) is 6.48. The van der Waals surface area contributed by atoms with Gasteiger partial charge in [-0.1, -0.05) is 30.3 Å². The second-order valence-corrected chi connectivity index (χ2v) is 5.42. The highest BCUT2D eigenvalue weighted by Crippen LogP contribution is 2.25. The van der Waals surface area contributed by atoms with E-state index in [4.69, 9.17) is 4.74 Å². The van der Waals surface area contributed by atoms with Crippen LogP contribution in [0.1, 0.15) is 18.5 Å². The highest BCUT2D eigenvalue weighted by molar-refractivity contribution is 9.10. The Morgan fingerprint density at radius 2 is 2.00 bits per heavy atom. The molecule has 0 aromatic heterocycles. The van der Waals surface area contributed by atoms with Crippen LogP contribution in [-0.2, 0) is 4.79 Å². The Hall–Kier alpha value is -1.88. The molecule has 0 radical (unpaired) electrons. The summed E-state index contributed by atoms with van der Waals surface area (Å²) in [5.74, 6) is -0.169. The monoisotopic (exact) mass is 351 g/mol. The van der Waals surface area contributed by atoms with E-state index < -0.39 is 0 Å². The van der Waals surface area contributed by atoms with E-state index in [0.29, 0.717) is 10.2 Å². The number of rotatable bonds is 5. The summed E-state index contributed by atoms with van der Waals surface area (Å²) in [4.78, 5) is 11.9. The van der Waals surface area contributed by atoms with Gasteiger partial charge in [-0.3, -0.25) is 4.79 Å². The molecule has 0 aliphatic rings. The van der Waals surface area contributed by atoms with Gasteiger partial charge in [-0.15, -0.1) is 0 Å². The Balaban J connectivity index is 1.87. The lowest BCUT2D eigenvalue weighted by molar-refractivity contribution is -0.123. The van der Waals surface area contributed by atoms with Gasteiger partial charge in [0.1, 0.15) is 11.6 Å². The molecule has 1 unspecified atom stereocenters. The van der Waals surface area contributed by atoms with Gasteiger partial charge < -0.3 is 10.1 Å². The predicted molar refractivity (Wildman–Crippen MR) is 82.6 cm³/mol. The molecule has 1 N–H and O–H groups in total. The van der Waals surface area contributed by atoms with E-state index >= 15 is 0 Å². The van der Waals surface area contributed by atoms with Gasteiger partial charge in [-0.05, 0) is 46.6 Å². The third-order valence-electron chi connectivity index (χ3n) is 2.93. The van der Waals surface area contributed by atoms with Crippen LogP contribution in [0.5, 0.6) is 5.75 Å². The SMILES string of the molecule is CC(NC(=O)COc1ccc(F)cc1Br)c1ccccc1. The highest BCUT2D eigenvalue weighted by Gasteiger charge is 2.10.